The summed E-state index contributed by atoms with van der Waals surface area (Å²) in [7, 11) is 0. The van der Waals surface area contributed by atoms with Gasteiger partial charge in [0.2, 0.25) is 0 Å². The number of aromatic nitrogens is 3. The number of thiophene rings is 1. The van der Waals surface area contributed by atoms with Crippen molar-refractivity contribution >= 4 is 57.5 Å². The molecular weight excluding hydrogens is 505 g/mol. The molecule has 0 radical (unpaired) electrons. The molecule has 0 spiro atoms. The molecule has 35 heavy (non-hydrogen) atoms. The summed E-state index contributed by atoms with van der Waals surface area (Å²) >= 11 is 13.5. The fourth-order valence-electron chi connectivity index (χ4n) is 3.22. The first-order valence-electron chi connectivity index (χ1n) is 11.0. The Morgan fingerprint density at radius 2 is 1.91 bits per heavy atom. The number of rotatable bonds is 6. The lowest BCUT2D eigenvalue weighted by Crippen LogP contribution is -2.41. The Labute approximate surface area is 217 Å². The van der Waals surface area contributed by atoms with Gasteiger partial charge >= 0.3 is 0 Å². The summed E-state index contributed by atoms with van der Waals surface area (Å²) in [6.45, 7) is 8.44. The summed E-state index contributed by atoms with van der Waals surface area (Å²) in [6.07, 6.45) is 3.24. The van der Waals surface area contributed by atoms with Crippen LogP contribution in [0.3, 0.4) is 0 Å². The van der Waals surface area contributed by atoms with Crippen LogP contribution in [0.2, 0.25) is 10.0 Å². The number of fused-ring (bicyclic) bond motifs is 1. The molecule has 4 rings (SSSR count). The third-order valence-electron chi connectivity index (χ3n) is 5.83. The van der Waals surface area contributed by atoms with E-state index >= 15 is 0 Å². The highest BCUT2D eigenvalue weighted by Crippen LogP contribution is 2.29. The molecule has 4 aromatic rings. The van der Waals surface area contributed by atoms with Crippen LogP contribution in [-0.2, 0) is 6.54 Å². The Morgan fingerprint density at radius 3 is 2.66 bits per heavy atom. The number of carbonyl (C=O) groups is 2. The molecule has 3 aromatic heterocycles. The number of H-pyrrole nitrogens is 1. The molecule has 7 nitrogen and oxygen atoms in total. The van der Waals surface area contributed by atoms with E-state index in [0.29, 0.717) is 37.3 Å². The van der Waals surface area contributed by atoms with Gasteiger partial charge in [-0.15, -0.1) is 11.3 Å². The monoisotopic (exact) mass is 529 g/mol. The van der Waals surface area contributed by atoms with E-state index < -0.39 is 0 Å². The van der Waals surface area contributed by atoms with E-state index in [4.69, 9.17) is 23.2 Å². The Bertz CT molecular complexity index is 1410. The van der Waals surface area contributed by atoms with Gasteiger partial charge in [0, 0.05) is 18.8 Å². The van der Waals surface area contributed by atoms with Gasteiger partial charge in [-0.2, -0.15) is 0 Å². The highest BCUT2D eigenvalue weighted by molar-refractivity contribution is 7.17. The van der Waals surface area contributed by atoms with Crippen molar-refractivity contribution < 1.29 is 9.59 Å². The van der Waals surface area contributed by atoms with Gasteiger partial charge in [0.1, 0.15) is 5.52 Å². The third kappa shape index (κ3) is 5.50. The van der Waals surface area contributed by atoms with Crippen LogP contribution in [0, 0.1) is 5.41 Å². The number of nitrogens with zero attached hydrogens (tertiary/aromatic N) is 2. The van der Waals surface area contributed by atoms with Crippen LogP contribution in [0.1, 0.15) is 53.3 Å². The number of carbonyl (C=O) groups excluding carboxylic acids is 2. The summed E-state index contributed by atoms with van der Waals surface area (Å²) in [5, 5.41) is 6.76. The first-order chi connectivity index (χ1) is 16.5. The predicted octanol–water partition coefficient (Wildman–Crippen LogP) is 6.09. The molecule has 0 fully saturated rings. The maximum atomic E-state index is 12.9. The predicted molar refractivity (Wildman–Crippen MR) is 141 cm³/mol. The Hall–Kier alpha value is -2.94. The van der Waals surface area contributed by atoms with Crippen molar-refractivity contribution in [1.29, 1.82) is 0 Å². The van der Waals surface area contributed by atoms with E-state index in [1.807, 2.05) is 19.1 Å². The average Bonchev–Trinajstić information content (AvgIpc) is 3.46. The summed E-state index contributed by atoms with van der Waals surface area (Å²) in [5.41, 5.74) is 2.67. The number of hydrogen-bond acceptors (Lipinski definition) is 5. The first kappa shape index (κ1) is 25.2. The van der Waals surface area contributed by atoms with E-state index in [1.165, 1.54) is 11.3 Å². The topological polar surface area (TPSA) is 99.8 Å². The first-order valence-corrected chi connectivity index (χ1v) is 12.6. The molecule has 2 amide bonds. The van der Waals surface area contributed by atoms with Gasteiger partial charge in [-0.3, -0.25) is 9.59 Å². The minimum atomic E-state index is -0.232. The largest absolute Gasteiger partial charge is 0.349 e. The zero-order valence-corrected chi connectivity index (χ0v) is 22.0. The molecule has 0 saturated carbocycles. The third-order valence-corrected chi connectivity index (χ3v) is 7.79. The molecule has 0 unspecified atom stereocenters. The van der Waals surface area contributed by atoms with Gasteiger partial charge in [0.15, 0.2) is 5.65 Å². The van der Waals surface area contributed by atoms with Crippen LogP contribution in [0.5, 0.6) is 0 Å². The molecule has 3 N–H and O–H groups in total. The number of aromatic amines is 1. The average molecular weight is 530 g/mol. The van der Waals surface area contributed by atoms with Gasteiger partial charge in [0.25, 0.3) is 11.8 Å². The molecule has 1 aromatic carbocycles. The SMILES string of the molecule is C[C@H](NC(=O)c1c[nH]c2ncc(-c3ccc(C(=O)NCc4cccc(Cl)c4Cl)s3)nc12)C(C)(C)C. The van der Waals surface area contributed by atoms with E-state index in [2.05, 4.69) is 46.4 Å². The van der Waals surface area contributed by atoms with E-state index in [9.17, 15) is 9.59 Å². The van der Waals surface area contributed by atoms with Crippen LogP contribution in [-0.4, -0.2) is 32.8 Å². The highest BCUT2D eigenvalue weighted by atomic mass is 35.5. The lowest BCUT2D eigenvalue weighted by molar-refractivity contribution is 0.0910. The van der Waals surface area contributed by atoms with Crippen LogP contribution in [0.4, 0.5) is 0 Å². The Balaban J connectivity index is 1.52. The van der Waals surface area contributed by atoms with Crippen molar-refractivity contribution in [2.24, 2.45) is 5.41 Å². The van der Waals surface area contributed by atoms with Crippen molar-refractivity contribution in [3.63, 3.8) is 0 Å². The zero-order valence-electron chi connectivity index (χ0n) is 19.7. The van der Waals surface area contributed by atoms with Crippen molar-refractivity contribution in [2.45, 2.75) is 40.3 Å². The van der Waals surface area contributed by atoms with Crippen molar-refractivity contribution in [3.05, 3.63) is 68.8 Å². The molecule has 0 aliphatic rings. The standard InChI is InChI=1S/C25H25Cl2N5O2S/c1-13(25(2,3)4)31-23(33)15-11-28-22-21(15)32-17(12-29-22)18-8-9-19(35-18)24(34)30-10-14-6-5-7-16(26)20(14)27/h5-9,11-13H,10H2,1-4H3,(H,28,29)(H,30,34)(H,31,33)/t13-/m0/s1. The van der Waals surface area contributed by atoms with Gasteiger partial charge in [0.05, 0.1) is 37.3 Å². The number of nitrogens with one attached hydrogen (secondary N) is 3. The van der Waals surface area contributed by atoms with E-state index in [-0.39, 0.29) is 29.8 Å². The maximum absolute atomic E-state index is 12.9. The van der Waals surface area contributed by atoms with Gasteiger partial charge in [-0.25, -0.2) is 9.97 Å². The quantitative estimate of drug-likeness (QED) is 0.281. The number of halogens is 2. The summed E-state index contributed by atoms with van der Waals surface area (Å²) in [5.74, 6) is -0.444. The van der Waals surface area contributed by atoms with Crippen molar-refractivity contribution in [2.75, 3.05) is 0 Å². The van der Waals surface area contributed by atoms with E-state index in [0.717, 1.165) is 10.4 Å². The highest BCUT2D eigenvalue weighted by Gasteiger charge is 2.24. The fourth-order valence-corrected chi connectivity index (χ4v) is 4.48. The lowest BCUT2D eigenvalue weighted by Gasteiger charge is -2.27. The molecule has 0 aliphatic carbocycles. The number of benzene rings is 1. The molecule has 1 atom stereocenters. The number of hydrogen-bond donors (Lipinski definition) is 3. The van der Waals surface area contributed by atoms with Crippen molar-refractivity contribution in [3.8, 4) is 10.6 Å². The molecule has 0 bridgehead atoms. The summed E-state index contributed by atoms with van der Waals surface area (Å²) in [4.78, 5) is 39.0. The summed E-state index contributed by atoms with van der Waals surface area (Å²) in [6, 6.07) is 8.81. The van der Waals surface area contributed by atoms with Crippen LogP contribution < -0.4 is 10.6 Å². The Morgan fingerprint density at radius 1 is 1.14 bits per heavy atom. The molecule has 0 aliphatic heterocycles. The zero-order chi connectivity index (χ0) is 25.3. The number of amides is 2. The Kier molecular flexibility index (Phi) is 7.17. The smallest absolute Gasteiger partial charge is 0.261 e. The molecule has 0 saturated heterocycles. The second-order valence-corrected chi connectivity index (χ2v) is 11.1. The minimum Gasteiger partial charge on any atom is -0.349 e. The fraction of sp³-hybridized carbons (Fsp3) is 0.280. The van der Waals surface area contributed by atoms with Gasteiger partial charge in [-0.1, -0.05) is 56.1 Å². The van der Waals surface area contributed by atoms with Gasteiger partial charge < -0.3 is 15.6 Å². The normalized spacial score (nSPS) is 12.5. The second-order valence-electron chi connectivity index (χ2n) is 9.28. The lowest BCUT2D eigenvalue weighted by atomic mass is 9.88. The second kappa shape index (κ2) is 9.97. The van der Waals surface area contributed by atoms with Crippen LogP contribution in [0.15, 0.2) is 42.7 Å². The molecule has 3 heterocycles. The minimum absolute atomic E-state index is 0.0312. The maximum Gasteiger partial charge on any atom is 0.261 e. The van der Waals surface area contributed by atoms with Crippen molar-refractivity contribution in [1.82, 2.24) is 25.6 Å². The van der Waals surface area contributed by atoms with Crippen LogP contribution >= 0.6 is 34.5 Å². The van der Waals surface area contributed by atoms with E-state index in [1.54, 1.807) is 30.6 Å². The molecular formula is C25H25Cl2N5O2S. The molecule has 182 valence electrons. The van der Waals surface area contributed by atoms with Gasteiger partial charge in [-0.05, 0) is 36.1 Å². The van der Waals surface area contributed by atoms with Crippen LogP contribution in [0.25, 0.3) is 21.7 Å². The molecule has 10 heteroatoms. The summed E-state index contributed by atoms with van der Waals surface area (Å²) < 4.78 is 0.